The summed E-state index contributed by atoms with van der Waals surface area (Å²) in [6, 6.07) is 7.13. The first-order valence-corrected chi connectivity index (χ1v) is 12.1. The van der Waals surface area contributed by atoms with Crippen molar-refractivity contribution in [2.45, 2.75) is 63.4 Å². The third kappa shape index (κ3) is 5.86. The number of benzene rings is 1. The lowest BCUT2D eigenvalue weighted by Gasteiger charge is -2.27. The fourth-order valence-electron chi connectivity index (χ4n) is 3.44. The van der Waals surface area contributed by atoms with Crippen molar-refractivity contribution >= 4 is 16.0 Å². The summed E-state index contributed by atoms with van der Waals surface area (Å²) in [5.41, 5.74) is 0.608. The van der Waals surface area contributed by atoms with E-state index in [2.05, 4.69) is 41.4 Å². The van der Waals surface area contributed by atoms with Gasteiger partial charge in [-0.1, -0.05) is 45.4 Å². The lowest BCUT2D eigenvalue weighted by molar-refractivity contribution is 0.346. The highest BCUT2D eigenvalue weighted by molar-refractivity contribution is 7.89. The van der Waals surface area contributed by atoms with E-state index in [1.54, 1.807) is 29.7 Å². The summed E-state index contributed by atoms with van der Waals surface area (Å²) >= 11 is 0. The first-order chi connectivity index (χ1) is 14.7. The minimum atomic E-state index is -3.51. The molecule has 0 radical (unpaired) electrons. The zero-order valence-corrected chi connectivity index (χ0v) is 19.6. The number of rotatable bonds is 6. The standard InChI is InChI=1S/C22H33N5O3S/c1-22(2,3)19-15-24-20(30-19)16-26-21(23-4)25-14-17-10-6-7-11-18(17)31(28,29)27-12-8-5-9-13-27/h6-7,10-11,15H,5,8-9,12-14,16H2,1-4H3,(H2,23,25,26). The predicted molar refractivity (Wildman–Crippen MR) is 121 cm³/mol. The second-order valence-corrected chi connectivity index (χ2v) is 10.6. The minimum absolute atomic E-state index is 0.102. The third-order valence-electron chi connectivity index (χ3n) is 5.28. The third-order valence-corrected chi connectivity index (χ3v) is 7.27. The Hall–Kier alpha value is -2.39. The highest BCUT2D eigenvalue weighted by Crippen LogP contribution is 2.24. The summed E-state index contributed by atoms with van der Waals surface area (Å²) in [6.45, 7) is 8.09. The molecule has 1 aromatic carbocycles. The van der Waals surface area contributed by atoms with Crippen molar-refractivity contribution in [3.8, 4) is 0 Å². The first-order valence-electron chi connectivity index (χ1n) is 10.7. The number of piperidine rings is 1. The number of sulfonamides is 1. The Kier molecular flexibility index (Phi) is 7.38. The number of oxazole rings is 1. The van der Waals surface area contributed by atoms with Gasteiger partial charge in [-0.3, -0.25) is 4.99 Å². The smallest absolute Gasteiger partial charge is 0.243 e. The molecule has 1 fully saturated rings. The van der Waals surface area contributed by atoms with Gasteiger partial charge in [0.2, 0.25) is 15.9 Å². The SMILES string of the molecule is CN=C(NCc1ncc(C(C)(C)C)o1)NCc1ccccc1S(=O)(=O)N1CCCCC1. The molecule has 1 aliphatic rings. The predicted octanol–water partition coefficient (Wildman–Crippen LogP) is 3.01. The van der Waals surface area contributed by atoms with E-state index in [0.717, 1.165) is 25.0 Å². The molecule has 2 N–H and O–H groups in total. The van der Waals surface area contributed by atoms with Crippen molar-refractivity contribution in [1.82, 2.24) is 19.9 Å². The number of nitrogens with one attached hydrogen (secondary N) is 2. The second kappa shape index (κ2) is 9.82. The Morgan fingerprint density at radius 3 is 2.45 bits per heavy atom. The lowest BCUT2D eigenvalue weighted by Crippen LogP contribution is -2.38. The number of aromatic nitrogens is 1. The van der Waals surface area contributed by atoms with Crippen molar-refractivity contribution in [1.29, 1.82) is 0 Å². The minimum Gasteiger partial charge on any atom is -0.443 e. The summed E-state index contributed by atoms with van der Waals surface area (Å²) in [7, 11) is -1.84. The van der Waals surface area contributed by atoms with Crippen LogP contribution in [-0.4, -0.2) is 43.8 Å². The van der Waals surface area contributed by atoms with E-state index in [1.807, 2.05) is 12.1 Å². The Labute approximate surface area is 185 Å². The Bertz CT molecular complexity index is 1000. The molecule has 0 unspecified atom stereocenters. The van der Waals surface area contributed by atoms with Gasteiger partial charge in [0, 0.05) is 32.1 Å². The summed E-state index contributed by atoms with van der Waals surface area (Å²) in [5, 5.41) is 6.36. The fourth-order valence-corrected chi connectivity index (χ4v) is 5.18. The molecule has 2 aromatic rings. The van der Waals surface area contributed by atoms with Crippen LogP contribution in [0.3, 0.4) is 0 Å². The summed E-state index contributed by atoms with van der Waals surface area (Å²) in [5.74, 6) is 1.94. The molecule has 1 aromatic heterocycles. The van der Waals surface area contributed by atoms with Crippen LogP contribution in [0.25, 0.3) is 0 Å². The number of guanidine groups is 1. The molecule has 8 nitrogen and oxygen atoms in total. The first kappa shape index (κ1) is 23.3. The van der Waals surface area contributed by atoms with Crippen LogP contribution in [-0.2, 0) is 28.5 Å². The molecule has 2 heterocycles. The van der Waals surface area contributed by atoms with Gasteiger partial charge in [0.1, 0.15) is 5.76 Å². The van der Waals surface area contributed by atoms with E-state index in [-0.39, 0.29) is 5.41 Å². The average molecular weight is 448 g/mol. The molecule has 1 saturated heterocycles. The molecule has 0 saturated carbocycles. The molecule has 0 bridgehead atoms. The maximum absolute atomic E-state index is 13.1. The summed E-state index contributed by atoms with van der Waals surface area (Å²) in [4.78, 5) is 8.88. The normalized spacial score (nSPS) is 16.3. The van der Waals surface area contributed by atoms with Crippen molar-refractivity contribution in [2.75, 3.05) is 20.1 Å². The molecule has 0 aliphatic carbocycles. The molecule has 0 spiro atoms. The van der Waals surface area contributed by atoms with E-state index in [9.17, 15) is 8.42 Å². The van der Waals surface area contributed by atoms with Crippen LogP contribution >= 0.6 is 0 Å². The van der Waals surface area contributed by atoms with Crippen molar-refractivity contribution in [3.63, 3.8) is 0 Å². The molecular weight excluding hydrogens is 414 g/mol. The van der Waals surface area contributed by atoms with Gasteiger partial charge in [-0.05, 0) is 24.5 Å². The highest BCUT2D eigenvalue weighted by Gasteiger charge is 2.27. The topological polar surface area (TPSA) is 99.8 Å². The molecule has 1 aliphatic heterocycles. The van der Waals surface area contributed by atoms with Gasteiger partial charge in [0.05, 0.1) is 17.6 Å². The van der Waals surface area contributed by atoms with E-state index in [1.165, 1.54) is 0 Å². The van der Waals surface area contributed by atoms with Gasteiger partial charge in [-0.15, -0.1) is 0 Å². The van der Waals surface area contributed by atoms with Gasteiger partial charge in [0.25, 0.3) is 0 Å². The molecule has 9 heteroatoms. The van der Waals surface area contributed by atoms with Gasteiger partial charge >= 0.3 is 0 Å². The molecular formula is C22H33N5O3S. The number of aliphatic imine (C=N–C) groups is 1. The average Bonchev–Trinajstić information content (AvgIpc) is 3.24. The second-order valence-electron chi connectivity index (χ2n) is 8.72. The Balaban J connectivity index is 1.64. The largest absolute Gasteiger partial charge is 0.443 e. The highest BCUT2D eigenvalue weighted by atomic mass is 32.2. The van der Waals surface area contributed by atoms with E-state index in [0.29, 0.717) is 48.5 Å². The van der Waals surface area contributed by atoms with Crippen molar-refractivity contribution in [3.05, 3.63) is 47.7 Å². The lowest BCUT2D eigenvalue weighted by atomic mass is 9.94. The van der Waals surface area contributed by atoms with Crippen LogP contribution < -0.4 is 10.6 Å². The Morgan fingerprint density at radius 1 is 1.13 bits per heavy atom. The van der Waals surface area contributed by atoms with Crippen LogP contribution in [0.4, 0.5) is 0 Å². The van der Waals surface area contributed by atoms with Crippen LogP contribution in [0.5, 0.6) is 0 Å². The summed E-state index contributed by atoms with van der Waals surface area (Å²) in [6.07, 6.45) is 4.65. The number of hydrogen-bond acceptors (Lipinski definition) is 5. The molecule has 31 heavy (non-hydrogen) atoms. The maximum atomic E-state index is 13.1. The zero-order chi connectivity index (χ0) is 22.5. The van der Waals surface area contributed by atoms with Crippen LogP contribution in [0, 0.1) is 0 Å². The van der Waals surface area contributed by atoms with Crippen molar-refractivity contribution < 1.29 is 12.8 Å². The van der Waals surface area contributed by atoms with Gasteiger partial charge in [-0.25, -0.2) is 13.4 Å². The Morgan fingerprint density at radius 2 is 1.81 bits per heavy atom. The van der Waals surface area contributed by atoms with Crippen LogP contribution in [0.2, 0.25) is 0 Å². The van der Waals surface area contributed by atoms with E-state index < -0.39 is 10.0 Å². The maximum Gasteiger partial charge on any atom is 0.243 e. The number of nitrogens with zero attached hydrogens (tertiary/aromatic N) is 3. The van der Waals surface area contributed by atoms with Gasteiger partial charge in [-0.2, -0.15) is 4.31 Å². The number of hydrogen-bond donors (Lipinski definition) is 2. The van der Waals surface area contributed by atoms with E-state index in [4.69, 9.17) is 4.42 Å². The zero-order valence-electron chi connectivity index (χ0n) is 18.8. The van der Waals surface area contributed by atoms with Crippen LogP contribution in [0.15, 0.2) is 44.8 Å². The quantitative estimate of drug-likeness (QED) is 0.522. The van der Waals surface area contributed by atoms with Gasteiger partial charge in [0.15, 0.2) is 5.96 Å². The van der Waals surface area contributed by atoms with Crippen LogP contribution in [0.1, 0.15) is 57.2 Å². The van der Waals surface area contributed by atoms with E-state index >= 15 is 0 Å². The van der Waals surface area contributed by atoms with Crippen molar-refractivity contribution in [2.24, 2.45) is 4.99 Å². The van der Waals surface area contributed by atoms with Gasteiger partial charge < -0.3 is 15.1 Å². The molecule has 0 atom stereocenters. The molecule has 0 amide bonds. The fraction of sp³-hybridized carbons (Fsp3) is 0.545. The molecule has 170 valence electrons. The summed E-state index contributed by atoms with van der Waals surface area (Å²) < 4.78 is 33.7. The molecule has 3 rings (SSSR count). The monoisotopic (exact) mass is 447 g/mol.